The second-order valence-corrected chi connectivity index (χ2v) is 8.13. The fraction of sp³-hybridized carbons (Fsp3) is 0.333. The Bertz CT molecular complexity index is 949. The largest absolute Gasteiger partial charge is 0.756 e. The molecule has 0 saturated carbocycles. The zero-order valence-electron chi connectivity index (χ0n) is 15.8. The lowest BCUT2D eigenvalue weighted by Gasteiger charge is -2.43. The number of carbonyl (C=O) groups excluding carboxylic acids is 2. The van der Waals surface area contributed by atoms with Gasteiger partial charge in [0.05, 0.1) is 6.42 Å². The first-order valence-electron chi connectivity index (χ1n) is 9.52. The first-order valence-corrected chi connectivity index (χ1v) is 9.90. The summed E-state index contributed by atoms with van der Waals surface area (Å²) in [5, 5.41) is 28.6. The second kappa shape index (κ2) is 7.76. The van der Waals surface area contributed by atoms with Crippen molar-refractivity contribution in [3.05, 3.63) is 80.2 Å². The molecule has 2 aromatic carbocycles. The molecule has 0 spiro atoms. The number of quaternary nitrogens is 1. The minimum absolute atomic E-state index is 0.0903. The summed E-state index contributed by atoms with van der Waals surface area (Å²) in [5.74, 6) is -0.712. The highest BCUT2D eigenvalue weighted by molar-refractivity contribution is 6.30. The summed E-state index contributed by atoms with van der Waals surface area (Å²) in [5.41, 5.74) is 3.54. The number of amides is 2. The Hall–Kier alpha value is -2.45. The van der Waals surface area contributed by atoms with Gasteiger partial charge < -0.3 is 25.4 Å². The number of carbonyl (C=O) groups is 2. The molecule has 2 aromatic rings. The molecule has 8 heteroatoms. The maximum absolute atomic E-state index is 13.2. The van der Waals surface area contributed by atoms with Gasteiger partial charge in [-0.1, -0.05) is 35.9 Å². The van der Waals surface area contributed by atoms with Crippen molar-refractivity contribution in [3.8, 4) is 0 Å². The number of rotatable bonds is 5. The van der Waals surface area contributed by atoms with E-state index in [1.807, 2.05) is 30.3 Å². The van der Waals surface area contributed by atoms with Crippen LogP contribution in [0.1, 0.15) is 28.7 Å². The molecule has 2 atom stereocenters. The highest BCUT2D eigenvalue weighted by atomic mass is 35.5. The molecule has 2 unspecified atom stereocenters. The van der Waals surface area contributed by atoms with Crippen molar-refractivity contribution in [1.29, 1.82) is 0 Å². The first-order chi connectivity index (χ1) is 13.8. The molecule has 2 aliphatic heterocycles. The zero-order chi connectivity index (χ0) is 20.6. The summed E-state index contributed by atoms with van der Waals surface area (Å²) in [4.78, 5) is 24.2. The van der Waals surface area contributed by atoms with Gasteiger partial charge in [0.25, 0.3) is 5.91 Å². The van der Waals surface area contributed by atoms with Gasteiger partial charge in [-0.15, -0.1) is 0 Å². The summed E-state index contributed by atoms with van der Waals surface area (Å²) < 4.78 is -0.695. The van der Waals surface area contributed by atoms with Crippen molar-refractivity contribution < 1.29 is 14.2 Å². The Labute approximate surface area is 173 Å². The molecule has 2 aliphatic rings. The summed E-state index contributed by atoms with van der Waals surface area (Å²) in [6.45, 7) is 0.817. The van der Waals surface area contributed by atoms with Crippen molar-refractivity contribution in [2.45, 2.75) is 38.5 Å². The molecular weight excluding hydrogens is 394 g/mol. The third kappa shape index (κ3) is 4.13. The molecule has 2 heterocycles. The van der Waals surface area contributed by atoms with Gasteiger partial charge in [0.1, 0.15) is 13.1 Å². The quantitative estimate of drug-likeness (QED) is 0.601. The van der Waals surface area contributed by atoms with E-state index < -0.39 is 16.6 Å². The summed E-state index contributed by atoms with van der Waals surface area (Å²) >= 11 is 5.85. The van der Waals surface area contributed by atoms with Crippen LogP contribution < -0.4 is 5.32 Å². The fourth-order valence-electron chi connectivity index (χ4n) is 4.07. The number of nitrogens with zero attached hydrogens (tertiary/aromatic N) is 2. The van der Waals surface area contributed by atoms with Crippen molar-refractivity contribution >= 4 is 23.4 Å². The van der Waals surface area contributed by atoms with Gasteiger partial charge in [0, 0.05) is 35.7 Å². The van der Waals surface area contributed by atoms with Gasteiger partial charge in [0.15, 0.2) is 6.04 Å². The molecule has 2 amide bonds. The van der Waals surface area contributed by atoms with E-state index in [1.165, 1.54) is 0 Å². The van der Waals surface area contributed by atoms with Crippen LogP contribution in [0, 0.1) is 10.4 Å². The topological polar surface area (TPSA) is 95.5 Å². The number of hydrogen-bond donors (Lipinski definition) is 1. The molecule has 29 heavy (non-hydrogen) atoms. The van der Waals surface area contributed by atoms with Crippen LogP contribution in [0.5, 0.6) is 0 Å². The third-order valence-electron chi connectivity index (χ3n) is 5.62. The first kappa shape index (κ1) is 19.8. The van der Waals surface area contributed by atoms with Crippen molar-refractivity contribution in [3.63, 3.8) is 0 Å². The normalized spacial score (nSPS) is 23.3. The standard InChI is InChI=1S/C21H21ClN3O4/c22-18-5-2-14(3-6-18)10-20(26)23-11-15-1-4-16-12-25(29,13-17(16)9-15)19-7-8-24(28)21(19)27/h1-6,9,19H,7-8,10-13H2,(H,23,26)/q-1. The number of nitrogens with one attached hydrogen (secondary N) is 1. The van der Waals surface area contributed by atoms with Gasteiger partial charge in [0.2, 0.25) is 5.91 Å². The minimum atomic E-state index is -0.817. The smallest absolute Gasteiger partial charge is 0.270 e. The highest BCUT2D eigenvalue weighted by Gasteiger charge is 2.43. The van der Waals surface area contributed by atoms with Crippen LogP contribution in [0.2, 0.25) is 5.02 Å². The molecule has 1 N–H and O–H groups in total. The summed E-state index contributed by atoms with van der Waals surface area (Å²) in [6.07, 6.45) is 0.561. The van der Waals surface area contributed by atoms with E-state index in [-0.39, 0.29) is 32.0 Å². The van der Waals surface area contributed by atoms with Crippen LogP contribution in [0.25, 0.3) is 0 Å². The van der Waals surface area contributed by atoms with Gasteiger partial charge in [-0.25, -0.2) is 0 Å². The van der Waals surface area contributed by atoms with Crippen LogP contribution >= 0.6 is 11.6 Å². The second-order valence-electron chi connectivity index (χ2n) is 7.70. The minimum Gasteiger partial charge on any atom is -0.756 e. The van der Waals surface area contributed by atoms with E-state index in [2.05, 4.69) is 5.32 Å². The summed E-state index contributed by atoms with van der Waals surface area (Å²) in [7, 11) is 0. The molecule has 152 valence electrons. The Morgan fingerprint density at radius 1 is 1.14 bits per heavy atom. The van der Waals surface area contributed by atoms with Crippen molar-refractivity contribution in [1.82, 2.24) is 10.4 Å². The van der Waals surface area contributed by atoms with E-state index in [0.717, 1.165) is 22.3 Å². The van der Waals surface area contributed by atoms with Crippen molar-refractivity contribution in [2.75, 3.05) is 6.54 Å². The highest BCUT2D eigenvalue weighted by Crippen LogP contribution is 2.35. The number of fused-ring (bicyclic) bond motifs is 1. The van der Waals surface area contributed by atoms with E-state index in [9.17, 15) is 20.0 Å². The summed E-state index contributed by atoms with van der Waals surface area (Å²) in [6, 6.07) is 12.0. The van der Waals surface area contributed by atoms with E-state index in [0.29, 0.717) is 23.1 Å². The van der Waals surface area contributed by atoms with Gasteiger partial charge in [-0.3, -0.25) is 9.59 Å². The van der Waals surface area contributed by atoms with Crippen LogP contribution in [0.4, 0.5) is 0 Å². The molecule has 0 bridgehead atoms. The predicted molar refractivity (Wildman–Crippen MR) is 108 cm³/mol. The zero-order valence-corrected chi connectivity index (χ0v) is 16.5. The number of hydroxylamine groups is 5. The Morgan fingerprint density at radius 3 is 2.52 bits per heavy atom. The van der Waals surface area contributed by atoms with Crippen LogP contribution in [0.3, 0.4) is 0 Å². The van der Waals surface area contributed by atoms with Crippen LogP contribution in [0.15, 0.2) is 42.5 Å². The lowest BCUT2D eigenvalue weighted by atomic mass is 10.1. The molecule has 0 aliphatic carbocycles. The monoisotopic (exact) mass is 414 g/mol. The Morgan fingerprint density at radius 2 is 1.83 bits per heavy atom. The number of halogens is 1. The lowest BCUT2D eigenvalue weighted by Crippen LogP contribution is -2.49. The molecule has 0 radical (unpaired) electrons. The van der Waals surface area contributed by atoms with Crippen LogP contribution in [-0.2, 0) is 35.6 Å². The van der Waals surface area contributed by atoms with Gasteiger partial charge >= 0.3 is 0 Å². The average Bonchev–Trinajstić information content (AvgIpc) is 3.21. The number of hydrogen-bond acceptors (Lipinski definition) is 4. The molecule has 4 rings (SSSR count). The van der Waals surface area contributed by atoms with Gasteiger partial charge in [-0.2, -0.15) is 0 Å². The maximum Gasteiger partial charge on any atom is 0.270 e. The number of benzene rings is 2. The predicted octanol–water partition coefficient (Wildman–Crippen LogP) is 2.63. The van der Waals surface area contributed by atoms with E-state index >= 15 is 0 Å². The Balaban J connectivity index is 1.37. The van der Waals surface area contributed by atoms with Crippen LogP contribution in [-0.4, -0.2) is 34.1 Å². The molecule has 7 nitrogen and oxygen atoms in total. The molecular formula is C21H21ClN3O4-. The SMILES string of the molecule is O=C(Cc1ccc(Cl)cc1)NCc1ccc2c(c1)C[N+]([O-])(C1CCN([O-])C1=O)C2. The molecule has 1 fully saturated rings. The average molecular weight is 415 g/mol. The van der Waals surface area contributed by atoms with Gasteiger partial charge in [-0.05, 0) is 29.3 Å². The van der Waals surface area contributed by atoms with E-state index in [1.54, 1.807) is 12.1 Å². The van der Waals surface area contributed by atoms with E-state index in [4.69, 9.17) is 11.6 Å². The van der Waals surface area contributed by atoms with Crippen molar-refractivity contribution in [2.24, 2.45) is 0 Å². The lowest BCUT2D eigenvalue weighted by molar-refractivity contribution is -0.915. The Kier molecular flexibility index (Phi) is 5.31. The maximum atomic E-state index is 13.2. The fourth-order valence-corrected chi connectivity index (χ4v) is 4.20. The molecule has 0 aromatic heterocycles. The molecule has 1 saturated heterocycles. The third-order valence-corrected chi connectivity index (χ3v) is 5.87.